The maximum absolute atomic E-state index is 9.75. The van der Waals surface area contributed by atoms with Gasteiger partial charge in [-0.25, -0.2) is 4.68 Å². The van der Waals surface area contributed by atoms with Gasteiger partial charge in [-0.1, -0.05) is 36.4 Å². The van der Waals surface area contributed by atoms with Gasteiger partial charge in [0.1, 0.15) is 5.75 Å². The summed E-state index contributed by atoms with van der Waals surface area (Å²) in [6, 6.07) is 17.1. The molecule has 5 heteroatoms. The van der Waals surface area contributed by atoms with E-state index in [0.29, 0.717) is 6.54 Å². The predicted octanol–water partition coefficient (Wildman–Crippen LogP) is 3.01. The molecule has 3 rings (SSSR count). The summed E-state index contributed by atoms with van der Waals surface area (Å²) in [6.07, 6.45) is 2.70. The molecule has 3 aromatic rings. The van der Waals surface area contributed by atoms with Gasteiger partial charge >= 0.3 is 0 Å². The second-order valence-electron chi connectivity index (χ2n) is 5.27. The number of nitrogens with zero attached hydrogens (tertiary/aromatic N) is 2. The van der Waals surface area contributed by atoms with E-state index >= 15 is 0 Å². The second kappa shape index (κ2) is 6.98. The van der Waals surface area contributed by atoms with Gasteiger partial charge in [0.2, 0.25) is 0 Å². The van der Waals surface area contributed by atoms with Crippen LogP contribution < -0.4 is 11.1 Å². The number of phenolic OH excluding ortho intramolecular Hbond substituents is 1. The SMILES string of the molecule is NCCCNc1cnn(-c2cccc(O)c2)c1-c1ccccc1. The Morgan fingerprint density at radius 2 is 1.91 bits per heavy atom. The highest BCUT2D eigenvalue weighted by Crippen LogP contribution is 2.31. The van der Waals surface area contributed by atoms with Crippen LogP contribution in [0.3, 0.4) is 0 Å². The number of hydrogen-bond donors (Lipinski definition) is 3. The third kappa shape index (κ3) is 3.35. The van der Waals surface area contributed by atoms with Crippen LogP contribution in [0.2, 0.25) is 0 Å². The van der Waals surface area contributed by atoms with Crippen LogP contribution in [0.4, 0.5) is 5.69 Å². The van der Waals surface area contributed by atoms with Crippen LogP contribution in [0.1, 0.15) is 6.42 Å². The van der Waals surface area contributed by atoms with E-state index in [1.807, 2.05) is 53.3 Å². The number of anilines is 1. The normalized spacial score (nSPS) is 10.7. The van der Waals surface area contributed by atoms with Crippen molar-refractivity contribution in [2.24, 2.45) is 5.73 Å². The lowest BCUT2D eigenvalue weighted by Crippen LogP contribution is -2.09. The second-order valence-corrected chi connectivity index (χ2v) is 5.27. The Balaban J connectivity index is 2.06. The Morgan fingerprint density at radius 1 is 1.09 bits per heavy atom. The zero-order valence-electron chi connectivity index (χ0n) is 12.8. The molecule has 118 valence electrons. The number of rotatable bonds is 6. The molecule has 0 bridgehead atoms. The molecule has 5 nitrogen and oxygen atoms in total. The summed E-state index contributed by atoms with van der Waals surface area (Å²) in [7, 11) is 0. The highest BCUT2D eigenvalue weighted by Gasteiger charge is 2.14. The minimum absolute atomic E-state index is 0.217. The van der Waals surface area contributed by atoms with Crippen molar-refractivity contribution in [1.29, 1.82) is 0 Å². The summed E-state index contributed by atoms with van der Waals surface area (Å²) in [5, 5.41) is 17.6. The molecule has 0 spiro atoms. The van der Waals surface area contributed by atoms with Crippen molar-refractivity contribution in [3.63, 3.8) is 0 Å². The van der Waals surface area contributed by atoms with Crippen LogP contribution in [0, 0.1) is 0 Å². The number of aromatic nitrogens is 2. The first-order valence-electron chi connectivity index (χ1n) is 7.66. The lowest BCUT2D eigenvalue weighted by atomic mass is 10.1. The minimum Gasteiger partial charge on any atom is -0.508 e. The third-order valence-corrected chi connectivity index (χ3v) is 3.59. The molecule has 0 amide bonds. The molecule has 0 saturated carbocycles. The first kappa shape index (κ1) is 15.1. The lowest BCUT2D eigenvalue weighted by molar-refractivity contribution is 0.475. The Morgan fingerprint density at radius 3 is 2.65 bits per heavy atom. The Hall–Kier alpha value is -2.79. The van der Waals surface area contributed by atoms with Crippen LogP contribution in [-0.4, -0.2) is 28.0 Å². The van der Waals surface area contributed by atoms with E-state index in [4.69, 9.17) is 5.73 Å². The van der Waals surface area contributed by atoms with Crippen molar-refractivity contribution >= 4 is 5.69 Å². The van der Waals surface area contributed by atoms with Crippen LogP contribution >= 0.6 is 0 Å². The van der Waals surface area contributed by atoms with Gasteiger partial charge in [-0.3, -0.25) is 0 Å². The molecule has 0 saturated heterocycles. The van der Waals surface area contributed by atoms with E-state index in [0.717, 1.165) is 35.6 Å². The number of hydrogen-bond acceptors (Lipinski definition) is 4. The van der Waals surface area contributed by atoms with Crippen LogP contribution in [0.5, 0.6) is 5.75 Å². The lowest BCUT2D eigenvalue weighted by Gasteiger charge is -2.11. The molecule has 0 atom stereocenters. The van der Waals surface area contributed by atoms with E-state index in [9.17, 15) is 5.11 Å². The van der Waals surface area contributed by atoms with Crippen LogP contribution in [0.15, 0.2) is 60.8 Å². The number of phenols is 1. The van der Waals surface area contributed by atoms with Gasteiger partial charge in [-0.2, -0.15) is 5.10 Å². The quantitative estimate of drug-likeness (QED) is 0.612. The molecule has 0 aliphatic heterocycles. The predicted molar refractivity (Wildman–Crippen MR) is 92.8 cm³/mol. The number of nitrogens with one attached hydrogen (secondary N) is 1. The van der Waals surface area contributed by atoms with E-state index < -0.39 is 0 Å². The number of benzene rings is 2. The van der Waals surface area contributed by atoms with E-state index in [2.05, 4.69) is 10.4 Å². The van der Waals surface area contributed by atoms with Crippen molar-refractivity contribution in [2.45, 2.75) is 6.42 Å². The van der Waals surface area contributed by atoms with Crippen molar-refractivity contribution < 1.29 is 5.11 Å². The summed E-state index contributed by atoms with van der Waals surface area (Å²) in [4.78, 5) is 0. The Kier molecular flexibility index (Phi) is 4.59. The maximum atomic E-state index is 9.75. The minimum atomic E-state index is 0.217. The Labute approximate surface area is 135 Å². The molecule has 0 aliphatic rings. The molecule has 2 aromatic carbocycles. The number of nitrogens with two attached hydrogens (primary N) is 1. The Bertz CT molecular complexity index is 768. The largest absolute Gasteiger partial charge is 0.508 e. The van der Waals surface area contributed by atoms with Gasteiger partial charge in [0.05, 0.1) is 23.3 Å². The first-order valence-corrected chi connectivity index (χ1v) is 7.66. The van der Waals surface area contributed by atoms with E-state index in [1.165, 1.54) is 0 Å². The first-order chi connectivity index (χ1) is 11.3. The molecule has 0 fully saturated rings. The van der Waals surface area contributed by atoms with Gasteiger partial charge in [-0.15, -0.1) is 0 Å². The van der Waals surface area contributed by atoms with Gasteiger partial charge in [0.25, 0.3) is 0 Å². The average molecular weight is 308 g/mol. The van der Waals surface area contributed by atoms with Crippen molar-refractivity contribution in [2.75, 3.05) is 18.4 Å². The molecule has 4 N–H and O–H groups in total. The van der Waals surface area contributed by atoms with Crippen molar-refractivity contribution in [3.8, 4) is 22.7 Å². The molecular formula is C18H20N4O. The summed E-state index contributed by atoms with van der Waals surface area (Å²) in [6.45, 7) is 1.44. The molecule has 0 unspecified atom stereocenters. The highest BCUT2D eigenvalue weighted by molar-refractivity contribution is 5.76. The standard InChI is InChI=1S/C18H20N4O/c19-10-5-11-20-17-13-21-22(15-8-4-9-16(23)12-15)18(17)14-6-2-1-3-7-14/h1-4,6-9,12-13,20,23H,5,10-11,19H2. The maximum Gasteiger partial charge on any atom is 0.117 e. The van der Waals surface area contributed by atoms with E-state index in [1.54, 1.807) is 12.1 Å². The van der Waals surface area contributed by atoms with Crippen LogP contribution in [0.25, 0.3) is 16.9 Å². The summed E-state index contributed by atoms with van der Waals surface area (Å²) >= 11 is 0. The summed E-state index contributed by atoms with van der Waals surface area (Å²) < 4.78 is 1.83. The zero-order chi connectivity index (χ0) is 16.1. The smallest absolute Gasteiger partial charge is 0.117 e. The molecular weight excluding hydrogens is 288 g/mol. The topological polar surface area (TPSA) is 76.1 Å². The van der Waals surface area contributed by atoms with Gasteiger partial charge < -0.3 is 16.2 Å². The zero-order valence-corrected chi connectivity index (χ0v) is 12.8. The van der Waals surface area contributed by atoms with Crippen molar-refractivity contribution in [3.05, 3.63) is 60.8 Å². The molecule has 1 heterocycles. The third-order valence-electron chi connectivity index (χ3n) is 3.59. The fourth-order valence-corrected chi connectivity index (χ4v) is 2.50. The molecule has 23 heavy (non-hydrogen) atoms. The van der Waals surface area contributed by atoms with Gasteiger partial charge in [0.15, 0.2) is 0 Å². The number of aromatic hydroxyl groups is 1. The molecule has 0 radical (unpaired) electrons. The van der Waals surface area contributed by atoms with Crippen LogP contribution in [-0.2, 0) is 0 Å². The fourth-order valence-electron chi connectivity index (χ4n) is 2.50. The van der Waals surface area contributed by atoms with Gasteiger partial charge in [-0.05, 0) is 25.1 Å². The summed E-state index contributed by atoms with van der Waals surface area (Å²) in [5.74, 6) is 0.217. The highest BCUT2D eigenvalue weighted by atomic mass is 16.3. The van der Waals surface area contributed by atoms with Gasteiger partial charge in [0, 0.05) is 18.2 Å². The monoisotopic (exact) mass is 308 g/mol. The average Bonchev–Trinajstić information content (AvgIpc) is 3.00. The fraction of sp³-hybridized carbons (Fsp3) is 0.167. The van der Waals surface area contributed by atoms with E-state index in [-0.39, 0.29) is 5.75 Å². The van der Waals surface area contributed by atoms with Crippen molar-refractivity contribution in [1.82, 2.24) is 9.78 Å². The molecule has 0 aliphatic carbocycles. The molecule has 1 aromatic heterocycles. The summed E-state index contributed by atoms with van der Waals surface area (Å²) in [5.41, 5.74) is 9.36.